The molecule has 0 N–H and O–H groups in total. The van der Waals surface area contributed by atoms with E-state index in [1.165, 1.54) is 27.6 Å². The first-order chi connectivity index (χ1) is 9.72. The van der Waals surface area contributed by atoms with E-state index in [2.05, 4.69) is 4.74 Å². The number of benzene rings is 1. The third kappa shape index (κ3) is 4.65. The summed E-state index contributed by atoms with van der Waals surface area (Å²) < 4.78 is 14.7. The molecule has 1 rings (SSSR count). The molecular weight excluding hydrogens is 256 g/mol. The summed E-state index contributed by atoms with van der Waals surface area (Å²) in [5, 5.41) is 0. The molecule has 0 amide bonds. The average molecular weight is 274 g/mol. The predicted molar refractivity (Wildman–Crippen MR) is 77.7 cm³/mol. The van der Waals surface area contributed by atoms with Crippen molar-refractivity contribution >= 4 is 12.0 Å². The van der Waals surface area contributed by atoms with Gasteiger partial charge in [0.25, 0.3) is 0 Å². The lowest BCUT2D eigenvalue weighted by molar-refractivity contribution is -0.136. The van der Waals surface area contributed by atoms with Crippen LogP contribution in [0.1, 0.15) is 5.56 Å². The molecule has 0 atom stereocenters. The van der Waals surface area contributed by atoms with Gasteiger partial charge in [0.05, 0.1) is 21.3 Å². The van der Waals surface area contributed by atoms with Crippen LogP contribution in [0.15, 0.2) is 60.1 Å². The minimum Gasteiger partial charge on any atom is -0.503 e. The van der Waals surface area contributed by atoms with Crippen LogP contribution in [-0.4, -0.2) is 27.3 Å². The van der Waals surface area contributed by atoms with Crippen LogP contribution in [0.2, 0.25) is 0 Å². The summed E-state index contributed by atoms with van der Waals surface area (Å²) in [5.74, 6) is -0.154. The van der Waals surface area contributed by atoms with Crippen LogP contribution in [0.3, 0.4) is 0 Å². The van der Waals surface area contributed by atoms with Crippen molar-refractivity contribution in [3.8, 4) is 0 Å². The Morgan fingerprint density at radius 3 is 2.30 bits per heavy atom. The van der Waals surface area contributed by atoms with Gasteiger partial charge in [-0.05, 0) is 11.6 Å². The van der Waals surface area contributed by atoms with Crippen molar-refractivity contribution in [2.45, 2.75) is 0 Å². The van der Waals surface area contributed by atoms with Crippen LogP contribution in [0, 0.1) is 0 Å². The molecule has 0 saturated carbocycles. The van der Waals surface area contributed by atoms with Gasteiger partial charge in [-0.25, -0.2) is 4.79 Å². The first-order valence-corrected chi connectivity index (χ1v) is 6.02. The van der Waals surface area contributed by atoms with Crippen molar-refractivity contribution in [1.29, 1.82) is 0 Å². The SMILES string of the molecule is COC=C(C(=O)OC)C(=CC=Cc1ccccc1)OC. The lowest BCUT2D eigenvalue weighted by Crippen LogP contribution is -2.08. The summed E-state index contributed by atoms with van der Waals surface area (Å²) in [6.07, 6.45) is 6.66. The first kappa shape index (κ1) is 15.6. The highest BCUT2D eigenvalue weighted by molar-refractivity contribution is 5.92. The molecule has 0 spiro atoms. The summed E-state index contributed by atoms with van der Waals surface area (Å²) in [4.78, 5) is 11.6. The van der Waals surface area contributed by atoms with Gasteiger partial charge in [-0.2, -0.15) is 0 Å². The van der Waals surface area contributed by atoms with Gasteiger partial charge in [-0.3, -0.25) is 0 Å². The molecule has 0 aliphatic heterocycles. The maximum atomic E-state index is 11.6. The highest BCUT2D eigenvalue weighted by Gasteiger charge is 2.15. The molecule has 4 heteroatoms. The van der Waals surface area contributed by atoms with Crippen molar-refractivity contribution in [3.05, 3.63) is 65.6 Å². The van der Waals surface area contributed by atoms with E-state index in [1.54, 1.807) is 12.2 Å². The van der Waals surface area contributed by atoms with Gasteiger partial charge in [0.1, 0.15) is 17.6 Å². The van der Waals surface area contributed by atoms with Gasteiger partial charge in [0.2, 0.25) is 0 Å². The topological polar surface area (TPSA) is 44.8 Å². The average Bonchev–Trinajstić information content (AvgIpc) is 2.50. The maximum absolute atomic E-state index is 11.6. The number of allylic oxidation sites excluding steroid dienone is 2. The van der Waals surface area contributed by atoms with E-state index in [1.807, 2.05) is 36.4 Å². The number of hydrogen-bond donors (Lipinski definition) is 0. The van der Waals surface area contributed by atoms with Gasteiger partial charge >= 0.3 is 5.97 Å². The summed E-state index contributed by atoms with van der Waals surface area (Å²) in [5.41, 5.74) is 1.27. The fourth-order valence-corrected chi connectivity index (χ4v) is 1.51. The van der Waals surface area contributed by atoms with Gasteiger partial charge in [-0.1, -0.05) is 42.5 Å². The van der Waals surface area contributed by atoms with Crippen LogP contribution in [-0.2, 0) is 19.0 Å². The molecule has 0 heterocycles. The molecule has 0 aliphatic rings. The normalized spacial score (nSPS) is 12.3. The Bertz CT molecular complexity index is 513. The molecule has 1 aromatic carbocycles. The lowest BCUT2D eigenvalue weighted by Gasteiger charge is -2.07. The Kier molecular flexibility index (Phi) is 6.68. The van der Waals surface area contributed by atoms with Crippen molar-refractivity contribution in [3.63, 3.8) is 0 Å². The molecule has 0 saturated heterocycles. The monoisotopic (exact) mass is 274 g/mol. The molecule has 20 heavy (non-hydrogen) atoms. The molecule has 0 bridgehead atoms. The Balaban J connectivity index is 2.93. The zero-order valence-corrected chi connectivity index (χ0v) is 11.8. The molecule has 0 aliphatic carbocycles. The zero-order chi connectivity index (χ0) is 14.8. The second-order valence-electron chi connectivity index (χ2n) is 3.76. The molecule has 0 radical (unpaired) electrons. The van der Waals surface area contributed by atoms with Crippen molar-refractivity contribution < 1.29 is 19.0 Å². The van der Waals surface area contributed by atoms with E-state index in [-0.39, 0.29) is 5.57 Å². The Morgan fingerprint density at radius 2 is 1.75 bits per heavy atom. The second-order valence-corrected chi connectivity index (χ2v) is 3.76. The largest absolute Gasteiger partial charge is 0.503 e. The third-order valence-corrected chi connectivity index (χ3v) is 2.46. The second kappa shape index (κ2) is 8.58. The van der Waals surface area contributed by atoms with Crippen LogP contribution >= 0.6 is 0 Å². The quantitative estimate of drug-likeness (QED) is 0.346. The van der Waals surface area contributed by atoms with Crippen LogP contribution in [0.4, 0.5) is 0 Å². The third-order valence-electron chi connectivity index (χ3n) is 2.46. The van der Waals surface area contributed by atoms with Crippen LogP contribution < -0.4 is 0 Å². The van der Waals surface area contributed by atoms with Crippen molar-refractivity contribution in [1.82, 2.24) is 0 Å². The molecule has 4 nitrogen and oxygen atoms in total. The Labute approximate surface area is 119 Å². The summed E-state index contributed by atoms with van der Waals surface area (Å²) in [6.45, 7) is 0. The van der Waals surface area contributed by atoms with E-state index in [4.69, 9.17) is 9.47 Å². The van der Waals surface area contributed by atoms with E-state index in [0.717, 1.165) is 5.56 Å². The van der Waals surface area contributed by atoms with Crippen LogP contribution in [0.5, 0.6) is 0 Å². The summed E-state index contributed by atoms with van der Waals surface area (Å²) >= 11 is 0. The molecule has 0 unspecified atom stereocenters. The minimum atomic E-state index is -0.520. The highest BCUT2D eigenvalue weighted by atomic mass is 16.5. The molecule has 106 valence electrons. The number of methoxy groups -OCH3 is 3. The first-order valence-electron chi connectivity index (χ1n) is 6.02. The smallest absolute Gasteiger partial charge is 0.344 e. The van der Waals surface area contributed by atoms with E-state index < -0.39 is 5.97 Å². The minimum absolute atomic E-state index is 0.218. The van der Waals surface area contributed by atoms with Gasteiger partial charge in [0, 0.05) is 0 Å². The fourth-order valence-electron chi connectivity index (χ4n) is 1.51. The molecule has 0 fully saturated rings. The summed E-state index contributed by atoms with van der Waals surface area (Å²) in [6, 6.07) is 9.80. The van der Waals surface area contributed by atoms with E-state index in [0.29, 0.717) is 5.76 Å². The number of esters is 1. The van der Waals surface area contributed by atoms with Crippen LogP contribution in [0.25, 0.3) is 6.08 Å². The number of ether oxygens (including phenoxy) is 3. The van der Waals surface area contributed by atoms with Gasteiger partial charge < -0.3 is 14.2 Å². The highest BCUT2D eigenvalue weighted by Crippen LogP contribution is 2.13. The van der Waals surface area contributed by atoms with Gasteiger partial charge in [0.15, 0.2) is 0 Å². The van der Waals surface area contributed by atoms with Crippen molar-refractivity contribution in [2.24, 2.45) is 0 Å². The lowest BCUT2D eigenvalue weighted by atomic mass is 10.2. The molecular formula is C16H18O4. The zero-order valence-electron chi connectivity index (χ0n) is 11.8. The number of hydrogen-bond acceptors (Lipinski definition) is 4. The standard InChI is InChI=1S/C16H18O4/c1-18-12-14(16(17)20-3)15(19-2)11-7-10-13-8-5-4-6-9-13/h4-12H,1-3H3. The number of rotatable bonds is 6. The Hall–Kier alpha value is -2.49. The molecule has 1 aromatic rings. The predicted octanol–water partition coefficient (Wildman–Crippen LogP) is 2.93. The fraction of sp³-hybridized carbons (Fsp3) is 0.188. The van der Waals surface area contributed by atoms with E-state index >= 15 is 0 Å². The molecule has 0 aromatic heterocycles. The summed E-state index contributed by atoms with van der Waals surface area (Å²) in [7, 11) is 4.24. The number of carbonyl (C=O) groups is 1. The van der Waals surface area contributed by atoms with Gasteiger partial charge in [-0.15, -0.1) is 0 Å². The van der Waals surface area contributed by atoms with E-state index in [9.17, 15) is 4.79 Å². The Morgan fingerprint density at radius 1 is 1.05 bits per heavy atom. The maximum Gasteiger partial charge on any atom is 0.344 e. The van der Waals surface area contributed by atoms with Crippen molar-refractivity contribution in [2.75, 3.05) is 21.3 Å². The number of carbonyl (C=O) groups excluding carboxylic acids is 1.